The van der Waals surface area contributed by atoms with Crippen molar-refractivity contribution in [3.05, 3.63) is 78.1 Å². The van der Waals surface area contributed by atoms with Crippen LogP contribution in [-0.2, 0) is 13.1 Å². The molecular weight excluding hydrogens is 465 g/mol. The molecule has 0 bridgehead atoms. The van der Waals surface area contributed by atoms with Crippen LogP contribution in [0.5, 0.6) is 5.75 Å². The smallest absolute Gasteiger partial charge is 0.191 e. The second-order valence-corrected chi connectivity index (χ2v) is 5.98. The third-order valence-corrected chi connectivity index (χ3v) is 4.03. The van der Waals surface area contributed by atoms with Crippen LogP contribution >= 0.6 is 24.0 Å². The SMILES string of the molecule is CCNC(=NCc1ccccc1)NCc1ccn(-c2ccc(OC)cc2)n1.I. The summed E-state index contributed by atoms with van der Waals surface area (Å²) in [4.78, 5) is 4.63. The Morgan fingerprint density at radius 2 is 1.79 bits per heavy atom. The monoisotopic (exact) mass is 491 g/mol. The van der Waals surface area contributed by atoms with Gasteiger partial charge in [0.05, 0.1) is 31.6 Å². The molecule has 0 radical (unpaired) electrons. The van der Waals surface area contributed by atoms with Gasteiger partial charge in [-0.2, -0.15) is 5.10 Å². The minimum Gasteiger partial charge on any atom is -0.497 e. The van der Waals surface area contributed by atoms with Gasteiger partial charge in [-0.05, 0) is 42.8 Å². The minimum absolute atomic E-state index is 0. The van der Waals surface area contributed by atoms with Crippen LogP contribution in [0.25, 0.3) is 5.69 Å². The highest BCUT2D eigenvalue weighted by atomic mass is 127. The number of nitrogens with one attached hydrogen (secondary N) is 2. The first-order chi connectivity index (χ1) is 13.3. The Labute approximate surface area is 183 Å². The summed E-state index contributed by atoms with van der Waals surface area (Å²) in [5.41, 5.74) is 3.11. The zero-order valence-corrected chi connectivity index (χ0v) is 18.5. The van der Waals surface area contributed by atoms with Crippen molar-refractivity contribution in [3.63, 3.8) is 0 Å². The summed E-state index contributed by atoms with van der Waals surface area (Å²) in [6.45, 7) is 4.10. The fraction of sp³-hybridized carbons (Fsp3) is 0.238. The zero-order valence-electron chi connectivity index (χ0n) is 16.1. The van der Waals surface area contributed by atoms with Gasteiger partial charge in [0, 0.05) is 12.7 Å². The molecule has 2 N–H and O–H groups in total. The number of guanidine groups is 1. The van der Waals surface area contributed by atoms with Crippen molar-refractivity contribution in [1.82, 2.24) is 20.4 Å². The van der Waals surface area contributed by atoms with Crippen molar-refractivity contribution < 1.29 is 4.74 Å². The van der Waals surface area contributed by atoms with Gasteiger partial charge in [-0.15, -0.1) is 24.0 Å². The molecule has 0 saturated carbocycles. The lowest BCUT2D eigenvalue weighted by Gasteiger charge is -2.10. The van der Waals surface area contributed by atoms with Crippen LogP contribution in [-0.4, -0.2) is 29.4 Å². The summed E-state index contributed by atoms with van der Waals surface area (Å²) in [5, 5.41) is 11.2. The number of halogens is 1. The van der Waals surface area contributed by atoms with Gasteiger partial charge in [-0.3, -0.25) is 0 Å². The van der Waals surface area contributed by atoms with Crippen LogP contribution in [0.3, 0.4) is 0 Å². The molecule has 0 saturated heterocycles. The van der Waals surface area contributed by atoms with E-state index in [4.69, 9.17) is 4.74 Å². The molecule has 0 aliphatic carbocycles. The summed E-state index contributed by atoms with van der Waals surface area (Å²) < 4.78 is 7.04. The van der Waals surface area contributed by atoms with Crippen molar-refractivity contribution in [3.8, 4) is 11.4 Å². The number of hydrogen-bond acceptors (Lipinski definition) is 3. The standard InChI is InChI=1S/C21H25N5O.HI/c1-3-22-21(23-15-17-7-5-4-6-8-17)24-16-18-13-14-26(25-18)19-9-11-20(27-2)12-10-19;/h4-14H,3,15-16H2,1-2H3,(H2,22,23,24);1H. The van der Waals surface area contributed by atoms with Crippen LogP contribution in [0.15, 0.2) is 71.9 Å². The molecule has 0 atom stereocenters. The van der Waals surface area contributed by atoms with E-state index in [0.29, 0.717) is 13.1 Å². The molecule has 0 spiro atoms. The van der Waals surface area contributed by atoms with E-state index in [0.717, 1.165) is 29.6 Å². The van der Waals surface area contributed by atoms with E-state index in [2.05, 4.69) is 39.8 Å². The molecule has 6 nitrogen and oxygen atoms in total. The number of methoxy groups -OCH3 is 1. The normalized spacial score (nSPS) is 10.9. The maximum absolute atomic E-state index is 5.19. The van der Waals surface area contributed by atoms with Gasteiger partial charge in [-0.25, -0.2) is 9.67 Å². The van der Waals surface area contributed by atoms with Gasteiger partial charge >= 0.3 is 0 Å². The molecule has 0 fully saturated rings. The average Bonchev–Trinajstić information content (AvgIpc) is 3.20. The third-order valence-electron chi connectivity index (χ3n) is 4.03. The van der Waals surface area contributed by atoms with Crippen molar-refractivity contribution in [2.24, 2.45) is 4.99 Å². The van der Waals surface area contributed by atoms with Gasteiger partial charge < -0.3 is 15.4 Å². The number of ether oxygens (including phenoxy) is 1. The number of nitrogens with zero attached hydrogens (tertiary/aromatic N) is 3. The third kappa shape index (κ3) is 6.26. The summed E-state index contributed by atoms with van der Waals surface area (Å²) in [5.74, 6) is 1.61. The van der Waals surface area contributed by atoms with Crippen LogP contribution in [0.4, 0.5) is 0 Å². The summed E-state index contributed by atoms with van der Waals surface area (Å²) in [6, 6.07) is 20.0. The van der Waals surface area contributed by atoms with Gasteiger partial charge in [-0.1, -0.05) is 30.3 Å². The lowest BCUT2D eigenvalue weighted by molar-refractivity contribution is 0.414. The van der Waals surface area contributed by atoms with E-state index >= 15 is 0 Å². The fourth-order valence-electron chi connectivity index (χ4n) is 2.60. The molecule has 3 aromatic rings. The second-order valence-electron chi connectivity index (χ2n) is 5.98. The highest BCUT2D eigenvalue weighted by molar-refractivity contribution is 14.0. The maximum atomic E-state index is 5.19. The maximum Gasteiger partial charge on any atom is 0.191 e. The zero-order chi connectivity index (χ0) is 18.9. The molecule has 148 valence electrons. The Balaban J connectivity index is 0.00000280. The summed E-state index contributed by atoms with van der Waals surface area (Å²) in [7, 11) is 1.66. The molecule has 0 unspecified atom stereocenters. The lowest BCUT2D eigenvalue weighted by Crippen LogP contribution is -2.36. The van der Waals surface area contributed by atoms with Gasteiger partial charge in [0.25, 0.3) is 0 Å². The summed E-state index contributed by atoms with van der Waals surface area (Å²) in [6.07, 6.45) is 1.95. The number of aromatic nitrogens is 2. The molecule has 28 heavy (non-hydrogen) atoms. The molecular formula is C21H26IN5O. The number of benzene rings is 2. The predicted molar refractivity (Wildman–Crippen MR) is 124 cm³/mol. The lowest BCUT2D eigenvalue weighted by atomic mass is 10.2. The van der Waals surface area contributed by atoms with E-state index in [-0.39, 0.29) is 24.0 Å². The molecule has 7 heteroatoms. The van der Waals surface area contributed by atoms with Gasteiger partial charge in [0.15, 0.2) is 5.96 Å². The van der Waals surface area contributed by atoms with Crippen LogP contribution < -0.4 is 15.4 Å². The quantitative estimate of drug-likeness (QED) is 0.300. The molecule has 3 rings (SSSR count). The van der Waals surface area contributed by atoms with Crippen molar-refractivity contribution >= 4 is 29.9 Å². The Bertz CT molecular complexity index is 862. The number of hydrogen-bond donors (Lipinski definition) is 2. The molecule has 0 aliphatic rings. The minimum atomic E-state index is 0. The van der Waals surface area contributed by atoms with E-state index in [1.54, 1.807) is 7.11 Å². The van der Waals surface area contributed by atoms with Gasteiger partial charge in [0.1, 0.15) is 5.75 Å². The first-order valence-electron chi connectivity index (χ1n) is 9.03. The van der Waals surface area contributed by atoms with Crippen LogP contribution in [0.2, 0.25) is 0 Å². The van der Waals surface area contributed by atoms with Gasteiger partial charge in [0.2, 0.25) is 0 Å². The van der Waals surface area contributed by atoms with Crippen molar-refractivity contribution in [1.29, 1.82) is 0 Å². The first kappa shape index (κ1) is 21.7. The highest BCUT2D eigenvalue weighted by Gasteiger charge is 2.04. The fourth-order valence-corrected chi connectivity index (χ4v) is 2.60. The topological polar surface area (TPSA) is 63.5 Å². The second kappa shape index (κ2) is 11.3. The molecule has 0 amide bonds. The highest BCUT2D eigenvalue weighted by Crippen LogP contribution is 2.14. The Hall–Kier alpha value is -2.55. The van der Waals surface area contributed by atoms with E-state index in [1.165, 1.54) is 5.56 Å². The van der Waals surface area contributed by atoms with E-state index < -0.39 is 0 Å². The molecule has 1 heterocycles. The van der Waals surface area contributed by atoms with Crippen LogP contribution in [0.1, 0.15) is 18.2 Å². The number of aliphatic imine (C=N–C) groups is 1. The predicted octanol–water partition coefficient (Wildman–Crippen LogP) is 3.75. The van der Waals surface area contributed by atoms with Crippen molar-refractivity contribution in [2.75, 3.05) is 13.7 Å². The first-order valence-corrected chi connectivity index (χ1v) is 9.03. The van der Waals surface area contributed by atoms with E-state index in [9.17, 15) is 0 Å². The average molecular weight is 491 g/mol. The Morgan fingerprint density at radius 1 is 1.04 bits per heavy atom. The number of rotatable bonds is 7. The van der Waals surface area contributed by atoms with Crippen LogP contribution in [0, 0.1) is 0 Å². The molecule has 0 aliphatic heterocycles. The summed E-state index contributed by atoms with van der Waals surface area (Å²) >= 11 is 0. The Morgan fingerprint density at radius 3 is 2.46 bits per heavy atom. The largest absolute Gasteiger partial charge is 0.497 e. The molecule has 2 aromatic carbocycles. The van der Waals surface area contributed by atoms with E-state index in [1.807, 2.05) is 59.4 Å². The Kier molecular flexibility index (Phi) is 8.80. The van der Waals surface area contributed by atoms with Crippen molar-refractivity contribution in [2.45, 2.75) is 20.0 Å². The molecule has 1 aromatic heterocycles.